The van der Waals surface area contributed by atoms with E-state index in [1.807, 2.05) is 33.8 Å². The fraction of sp³-hybridized carbons (Fsp3) is 0.625. The van der Waals surface area contributed by atoms with Crippen molar-refractivity contribution < 1.29 is 33.9 Å². The molecule has 13 heteroatoms. The first-order chi connectivity index (χ1) is 21.3. The van der Waals surface area contributed by atoms with E-state index in [2.05, 4.69) is 26.6 Å². The van der Waals surface area contributed by atoms with E-state index < -0.39 is 71.8 Å². The van der Waals surface area contributed by atoms with Crippen molar-refractivity contribution in [2.24, 2.45) is 11.8 Å². The summed E-state index contributed by atoms with van der Waals surface area (Å²) in [5.74, 6) is -3.71. The minimum atomic E-state index is -1.43. The fourth-order valence-corrected chi connectivity index (χ4v) is 5.65. The quantitative estimate of drug-likeness (QED) is 0.241. The second-order valence-electron chi connectivity index (χ2n) is 12.8. The summed E-state index contributed by atoms with van der Waals surface area (Å²) >= 11 is 0. The van der Waals surface area contributed by atoms with Gasteiger partial charge in [0.1, 0.15) is 30.2 Å². The van der Waals surface area contributed by atoms with Gasteiger partial charge >= 0.3 is 0 Å². The van der Waals surface area contributed by atoms with E-state index in [0.717, 1.165) is 5.56 Å². The molecule has 248 valence electrons. The number of carbonyl (C=O) groups is 6. The molecule has 0 spiro atoms. The number of benzene rings is 1. The van der Waals surface area contributed by atoms with Crippen molar-refractivity contribution >= 4 is 35.4 Å². The Labute approximate surface area is 264 Å². The Hall–Kier alpha value is -4.00. The van der Waals surface area contributed by atoms with Crippen LogP contribution in [0.25, 0.3) is 0 Å². The number of hydrogen-bond donors (Lipinski definition) is 6. The van der Waals surface area contributed by atoms with Crippen LogP contribution in [0.2, 0.25) is 0 Å². The van der Waals surface area contributed by atoms with Gasteiger partial charge in [-0.05, 0) is 50.0 Å². The minimum Gasteiger partial charge on any atom is -0.391 e. The lowest BCUT2D eigenvalue weighted by Crippen LogP contribution is -2.62. The summed E-state index contributed by atoms with van der Waals surface area (Å²) < 4.78 is 0. The molecule has 6 N–H and O–H groups in total. The smallest absolute Gasteiger partial charge is 0.245 e. The predicted molar refractivity (Wildman–Crippen MR) is 166 cm³/mol. The second-order valence-corrected chi connectivity index (χ2v) is 12.8. The molecule has 45 heavy (non-hydrogen) atoms. The molecule has 2 aliphatic rings. The molecule has 0 unspecified atom stereocenters. The van der Waals surface area contributed by atoms with Crippen molar-refractivity contribution in [1.82, 2.24) is 31.5 Å². The molecule has 13 nitrogen and oxygen atoms in total. The fourth-order valence-electron chi connectivity index (χ4n) is 5.65. The maximum Gasteiger partial charge on any atom is 0.245 e. The summed E-state index contributed by atoms with van der Waals surface area (Å²) in [4.78, 5) is 82.0. The summed E-state index contributed by atoms with van der Waals surface area (Å²) in [6.45, 7) is 8.73. The molecule has 1 aromatic rings. The van der Waals surface area contributed by atoms with Crippen LogP contribution in [0.3, 0.4) is 0 Å². The SMILES string of the molecule is CC(C)C[C@@H]1NC(=O)[C@H]([C@@H](C)O)NC(=O)[C@H](CC(C)C)NC(=O)[C@@H]2CCCN2C(=O)CNC(=O)[C@H](Cc2ccccc2)NC1=O. The van der Waals surface area contributed by atoms with Crippen molar-refractivity contribution in [2.75, 3.05) is 13.1 Å². The zero-order chi connectivity index (χ0) is 33.3. The van der Waals surface area contributed by atoms with Crippen LogP contribution in [0.1, 0.15) is 65.9 Å². The number of nitrogens with zero attached hydrogens (tertiary/aromatic N) is 1. The molecule has 3 rings (SSSR count). The number of amides is 6. The Morgan fingerprint density at radius 2 is 1.29 bits per heavy atom. The lowest BCUT2D eigenvalue weighted by atomic mass is 9.99. The van der Waals surface area contributed by atoms with Crippen molar-refractivity contribution in [3.63, 3.8) is 0 Å². The molecule has 0 bridgehead atoms. The van der Waals surface area contributed by atoms with Crippen molar-refractivity contribution in [3.8, 4) is 0 Å². The lowest BCUT2D eigenvalue weighted by molar-refractivity contribution is -0.141. The van der Waals surface area contributed by atoms with Gasteiger partial charge < -0.3 is 36.6 Å². The number of fused-ring (bicyclic) bond motifs is 1. The third-order valence-corrected chi connectivity index (χ3v) is 7.95. The van der Waals surface area contributed by atoms with Gasteiger partial charge in [-0.3, -0.25) is 28.8 Å². The monoisotopic (exact) mass is 628 g/mol. The van der Waals surface area contributed by atoms with E-state index in [1.165, 1.54) is 11.8 Å². The highest BCUT2D eigenvalue weighted by Gasteiger charge is 2.38. The second kappa shape index (κ2) is 16.4. The van der Waals surface area contributed by atoms with Crippen molar-refractivity contribution in [2.45, 2.75) is 103 Å². The van der Waals surface area contributed by atoms with Crippen LogP contribution >= 0.6 is 0 Å². The van der Waals surface area contributed by atoms with Gasteiger partial charge in [0.2, 0.25) is 35.4 Å². The Morgan fingerprint density at radius 1 is 0.733 bits per heavy atom. The highest BCUT2D eigenvalue weighted by Crippen LogP contribution is 2.19. The summed E-state index contributed by atoms with van der Waals surface area (Å²) in [7, 11) is 0. The maximum atomic E-state index is 13.6. The summed E-state index contributed by atoms with van der Waals surface area (Å²) in [6.07, 6.45) is 0.171. The van der Waals surface area contributed by atoms with Gasteiger partial charge in [0.15, 0.2) is 0 Å². The molecule has 1 aromatic carbocycles. The van der Waals surface area contributed by atoms with Gasteiger partial charge in [-0.2, -0.15) is 0 Å². The van der Waals surface area contributed by atoms with Gasteiger partial charge in [-0.15, -0.1) is 0 Å². The first kappa shape index (κ1) is 35.5. The van der Waals surface area contributed by atoms with Crippen LogP contribution in [0.4, 0.5) is 0 Å². The summed E-state index contributed by atoms with van der Waals surface area (Å²) in [5.41, 5.74) is 0.764. The number of rotatable bonds is 7. The van der Waals surface area contributed by atoms with Crippen LogP contribution in [-0.2, 0) is 35.2 Å². The van der Waals surface area contributed by atoms with Gasteiger partial charge in [-0.1, -0.05) is 58.0 Å². The Morgan fingerprint density at radius 3 is 1.87 bits per heavy atom. The number of hydrogen-bond acceptors (Lipinski definition) is 7. The third kappa shape index (κ3) is 10.3. The van der Waals surface area contributed by atoms with Crippen LogP contribution in [0, 0.1) is 11.8 Å². The van der Waals surface area contributed by atoms with E-state index in [4.69, 9.17) is 0 Å². The molecule has 0 saturated carbocycles. The Kier molecular flexibility index (Phi) is 12.9. The molecule has 6 atom stereocenters. The Balaban J connectivity index is 1.99. The molecule has 2 saturated heterocycles. The topological polar surface area (TPSA) is 186 Å². The lowest BCUT2D eigenvalue weighted by Gasteiger charge is -2.30. The average Bonchev–Trinajstić information content (AvgIpc) is 3.47. The predicted octanol–water partition coefficient (Wildman–Crippen LogP) is -0.238. The van der Waals surface area contributed by atoms with Gasteiger partial charge in [-0.25, -0.2) is 0 Å². The van der Waals surface area contributed by atoms with E-state index in [9.17, 15) is 33.9 Å². The number of carbonyl (C=O) groups excluding carboxylic acids is 6. The van der Waals surface area contributed by atoms with E-state index in [1.54, 1.807) is 24.3 Å². The molecule has 0 aliphatic carbocycles. The third-order valence-electron chi connectivity index (χ3n) is 7.95. The molecule has 6 amide bonds. The molecule has 0 aromatic heterocycles. The normalized spacial score (nSPS) is 26.7. The maximum absolute atomic E-state index is 13.6. The first-order valence-electron chi connectivity index (χ1n) is 15.8. The number of aliphatic hydroxyl groups is 1. The number of aliphatic hydroxyl groups excluding tert-OH is 1. The molecule has 2 heterocycles. The van der Waals surface area contributed by atoms with Crippen LogP contribution in [0.5, 0.6) is 0 Å². The largest absolute Gasteiger partial charge is 0.391 e. The molecule has 0 radical (unpaired) electrons. The van der Waals surface area contributed by atoms with Crippen LogP contribution < -0.4 is 26.6 Å². The highest BCUT2D eigenvalue weighted by atomic mass is 16.3. The summed E-state index contributed by atoms with van der Waals surface area (Å²) in [5, 5.41) is 23.8. The number of nitrogens with one attached hydrogen (secondary N) is 5. The van der Waals surface area contributed by atoms with Gasteiger partial charge in [0.25, 0.3) is 0 Å². The molecular weight excluding hydrogens is 580 g/mol. The van der Waals surface area contributed by atoms with Gasteiger partial charge in [0, 0.05) is 13.0 Å². The van der Waals surface area contributed by atoms with Crippen molar-refractivity contribution in [3.05, 3.63) is 35.9 Å². The Bertz CT molecular complexity index is 1220. The molecule has 2 fully saturated rings. The van der Waals surface area contributed by atoms with E-state index >= 15 is 0 Å². The zero-order valence-corrected chi connectivity index (χ0v) is 26.8. The van der Waals surface area contributed by atoms with Crippen molar-refractivity contribution in [1.29, 1.82) is 0 Å². The van der Waals surface area contributed by atoms with E-state index in [0.29, 0.717) is 19.4 Å². The first-order valence-corrected chi connectivity index (χ1v) is 15.8. The van der Waals surface area contributed by atoms with E-state index in [-0.39, 0.29) is 37.6 Å². The highest BCUT2D eigenvalue weighted by molar-refractivity contribution is 5.98. The minimum absolute atomic E-state index is 0.0165. The molecular formula is C32H48N6O7. The van der Waals surface area contributed by atoms with Crippen LogP contribution in [0.15, 0.2) is 30.3 Å². The zero-order valence-electron chi connectivity index (χ0n) is 26.8. The summed E-state index contributed by atoms with van der Waals surface area (Å²) in [6, 6.07) is 3.53. The van der Waals surface area contributed by atoms with Gasteiger partial charge in [0.05, 0.1) is 12.6 Å². The molecule has 2 aliphatic heterocycles. The average molecular weight is 629 g/mol. The standard InChI is InChI=1S/C32H48N6O7/c1-18(2)14-22-29(42)34-24(16-21-10-7-6-8-11-21)28(41)33-17-26(40)38-13-9-12-25(38)31(44)35-23(15-19(3)4)30(43)37-27(20(5)39)32(45)36-22/h6-8,10-11,18-20,22-25,27,39H,9,12-17H2,1-5H3,(H,33,41)(H,34,42)(H,35,44)(H,36,45)(H,37,43)/t20-,22+,23+,24+,25+,27+/m1/s1. The van der Waals surface area contributed by atoms with Crippen LogP contribution in [-0.4, -0.2) is 94.9 Å².